The Morgan fingerprint density at radius 1 is 1.59 bits per heavy atom. The van der Waals surface area contributed by atoms with Crippen molar-refractivity contribution in [2.75, 3.05) is 0 Å². The van der Waals surface area contributed by atoms with E-state index in [0.29, 0.717) is 18.7 Å². The van der Waals surface area contributed by atoms with E-state index in [1.807, 2.05) is 17.8 Å². The van der Waals surface area contributed by atoms with Crippen molar-refractivity contribution >= 4 is 5.97 Å². The number of hydrogen-bond donors (Lipinski definition) is 2. The molecular formula is C11H13N3O3. The average Bonchev–Trinajstić information content (AvgIpc) is 2.88. The van der Waals surface area contributed by atoms with Crippen LogP contribution >= 0.6 is 0 Å². The van der Waals surface area contributed by atoms with E-state index in [4.69, 9.17) is 9.52 Å². The van der Waals surface area contributed by atoms with E-state index in [1.165, 1.54) is 6.26 Å². The summed E-state index contributed by atoms with van der Waals surface area (Å²) >= 11 is 0. The van der Waals surface area contributed by atoms with Crippen molar-refractivity contribution in [1.82, 2.24) is 14.9 Å². The smallest absolute Gasteiger partial charge is 0.372 e. The minimum atomic E-state index is -1.05. The fourth-order valence-corrected chi connectivity index (χ4v) is 1.54. The average molecular weight is 235 g/mol. The number of carboxylic acids is 1. The number of carbonyl (C=O) groups is 1. The van der Waals surface area contributed by atoms with Gasteiger partial charge in [-0.3, -0.25) is 0 Å². The number of hydrogen-bond acceptors (Lipinski definition) is 4. The predicted octanol–water partition coefficient (Wildman–Crippen LogP) is 1.00. The summed E-state index contributed by atoms with van der Waals surface area (Å²) in [7, 11) is 1.91. The molecule has 0 fully saturated rings. The minimum Gasteiger partial charge on any atom is -0.475 e. The Bertz CT molecular complexity index is 516. The van der Waals surface area contributed by atoms with Crippen LogP contribution in [0.25, 0.3) is 0 Å². The summed E-state index contributed by atoms with van der Waals surface area (Å²) in [6.07, 6.45) is 4.95. The van der Waals surface area contributed by atoms with Gasteiger partial charge in [0, 0.05) is 31.5 Å². The van der Waals surface area contributed by atoms with Crippen molar-refractivity contribution in [1.29, 1.82) is 0 Å². The van der Waals surface area contributed by atoms with Gasteiger partial charge in [0.1, 0.15) is 5.82 Å². The first-order valence-corrected chi connectivity index (χ1v) is 5.15. The van der Waals surface area contributed by atoms with E-state index in [-0.39, 0.29) is 5.76 Å². The molecule has 0 aliphatic heterocycles. The van der Waals surface area contributed by atoms with Gasteiger partial charge < -0.3 is 19.4 Å². The third-order valence-corrected chi connectivity index (χ3v) is 2.46. The molecule has 0 saturated carbocycles. The molecule has 2 aromatic heterocycles. The Balaban J connectivity index is 1.92. The molecule has 0 aliphatic rings. The maximum Gasteiger partial charge on any atom is 0.372 e. The molecule has 17 heavy (non-hydrogen) atoms. The maximum atomic E-state index is 10.8. The highest BCUT2D eigenvalue weighted by molar-refractivity contribution is 5.86. The molecule has 6 nitrogen and oxygen atoms in total. The van der Waals surface area contributed by atoms with E-state index < -0.39 is 5.97 Å². The van der Waals surface area contributed by atoms with Crippen LogP contribution in [0.2, 0.25) is 0 Å². The van der Waals surface area contributed by atoms with Crippen molar-refractivity contribution in [3.63, 3.8) is 0 Å². The zero-order valence-corrected chi connectivity index (χ0v) is 9.38. The van der Waals surface area contributed by atoms with Gasteiger partial charge in [0.2, 0.25) is 5.76 Å². The first kappa shape index (κ1) is 11.4. The number of aryl methyl sites for hydroxylation is 1. The summed E-state index contributed by atoms with van der Waals surface area (Å²) in [6.45, 7) is 1.01. The summed E-state index contributed by atoms with van der Waals surface area (Å²) in [5.41, 5.74) is 0.631. The summed E-state index contributed by atoms with van der Waals surface area (Å²) in [4.78, 5) is 14.9. The normalized spacial score (nSPS) is 10.6. The van der Waals surface area contributed by atoms with Crippen LogP contribution in [0.4, 0.5) is 0 Å². The first-order chi connectivity index (χ1) is 8.18. The molecule has 0 atom stereocenters. The van der Waals surface area contributed by atoms with Crippen LogP contribution in [0.15, 0.2) is 29.1 Å². The molecule has 0 saturated heterocycles. The predicted molar refractivity (Wildman–Crippen MR) is 59.4 cm³/mol. The number of furan rings is 1. The van der Waals surface area contributed by atoms with Crippen molar-refractivity contribution in [2.45, 2.75) is 13.1 Å². The van der Waals surface area contributed by atoms with Crippen LogP contribution in [0, 0.1) is 0 Å². The van der Waals surface area contributed by atoms with Gasteiger partial charge >= 0.3 is 5.97 Å². The van der Waals surface area contributed by atoms with Crippen molar-refractivity contribution in [3.8, 4) is 0 Å². The van der Waals surface area contributed by atoms with Crippen LogP contribution in [0.5, 0.6) is 0 Å². The maximum absolute atomic E-state index is 10.8. The number of aromatic nitrogens is 2. The molecular weight excluding hydrogens is 222 g/mol. The summed E-state index contributed by atoms with van der Waals surface area (Å²) in [5, 5.41) is 12.0. The van der Waals surface area contributed by atoms with E-state index >= 15 is 0 Å². The molecule has 0 radical (unpaired) electrons. The lowest BCUT2D eigenvalue weighted by Gasteiger charge is -2.04. The number of imidazole rings is 1. The molecule has 0 spiro atoms. The van der Waals surface area contributed by atoms with Crippen molar-refractivity contribution in [2.24, 2.45) is 7.05 Å². The second kappa shape index (κ2) is 4.84. The second-order valence-electron chi connectivity index (χ2n) is 3.64. The summed E-state index contributed by atoms with van der Waals surface area (Å²) in [5.74, 6) is -0.175. The van der Waals surface area contributed by atoms with Gasteiger partial charge in [0.15, 0.2) is 0 Å². The molecule has 0 aliphatic carbocycles. The quantitative estimate of drug-likeness (QED) is 0.808. The van der Waals surface area contributed by atoms with Crippen LogP contribution in [0.3, 0.4) is 0 Å². The van der Waals surface area contributed by atoms with E-state index in [2.05, 4.69) is 10.3 Å². The second-order valence-corrected chi connectivity index (χ2v) is 3.64. The molecule has 2 N–H and O–H groups in total. The minimum absolute atomic E-state index is 0.0164. The summed E-state index contributed by atoms with van der Waals surface area (Å²) in [6, 6.07) is 1.65. The first-order valence-electron chi connectivity index (χ1n) is 5.15. The largest absolute Gasteiger partial charge is 0.475 e. The monoisotopic (exact) mass is 235 g/mol. The fraction of sp³-hybridized carbons (Fsp3) is 0.273. The third kappa shape index (κ3) is 2.54. The van der Waals surface area contributed by atoms with Crippen LogP contribution < -0.4 is 5.32 Å². The van der Waals surface area contributed by atoms with Gasteiger partial charge in [0.25, 0.3) is 0 Å². The Kier molecular flexibility index (Phi) is 3.24. The molecule has 90 valence electrons. The van der Waals surface area contributed by atoms with E-state index in [9.17, 15) is 4.79 Å². The highest BCUT2D eigenvalue weighted by Gasteiger charge is 2.13. The highest BCUT2D eigenvalue weighted by Crippen LogP contribution is 2.10. The molecule has 2 heterocycles. The van der Waals surface area contributed by atoms with Crippen LogP contribution in [0.1, 0.15) is 21.9 Å². The SMILES string of the molecule is Cn1ccnc1CNCc1ccoc1C(=O)O. The van der Waals surface area contributed by atoms with Crippen LogP contribution in [-0.2, 0) is 20.1 Å². The van der Waals surface area contributed by atoms with Gasteiger partial charge in [0.05, 0.1) is 12.8 Å². The standard InChI is InChI=1S/C11H13N3O3/c1-14-4-3-13-9(14)7-12-6-8-2-5-17-10(8)11(15)16/h2-5,12H,6-7H2,1H3,(H,15,16). The molecule has 2 aromatic rings. The van der Waals surface area contributed by atoms with Crippen molar-refractivity contribution in [3.05, 3.63) is 41.9 Å². The number of carboxylic acid groups (broad SMARTS) is 1. The lowest BCUT2D eigenvalue weighted by atomic mass is 10.2. The third-order valence-electron chi connectivity index (χ3n) is 2.46. The number of rotatable bonds is 5. The molecule has 0 unspecified atom stereocenters. The van der Waals surface area contributed by atoms with Crippen LogP contribution in [-0.4, -0.2) is 20.6 Å². The van der Waals surface area contributed by atoms with Gasteiger partial charge in [-0.1, -0.05) is 0 Å². The number of nitrogens with one attached hydrogen (secondary N) is 1. The fourth-order valence-electron chi connectivity index (χ4n) is 1.54. The Morgan fingerprint density at radius 3 is 3.06 bits per heavy atom. The van der Waals surface area contributed by atoms with E-state index in [1.54, 1.807) is 12.3 Å². The molecule has 0 bridgehead atoms. The zero-order chi connectivity index (χ0) is 12.3. The topological polar surface area (TPSA) is 80.3 Å². The van der Waals surface area contributed by atoms with Gasteiger partial charge in [-0.15, -0.1) is 0 Å². The van der Waals surface area contributed by atoms with Gasteiger partial charge in [-0.25, -0.2) is 9.78 Å². The Hall–Kier alpha value is -2.08. The lowest BCUT2D eigenvalue weighted by molar-refractivity contribution is 0.0660. The van der Waals surface area contributed by atoms with Gasteiger partial charge in [-0.2, -0.15) is 0 Å². The molecule has 0 amide bonds. The molecule has 0 aromatic carbocycles. The number of aromatic carboxylic acids is 1. The zero-order valence-electron chi connectivity index (χ0n) is 9.38. The van der Waals surface area contributed by atoms with Gasteiger partial charge in [-0.05, 0) is 6.07 Å². The van der Waals surface area contributed by atoms with Crippen molar-refractivity contribution < 1.29 is 14.3 Å². The van der Waals surface area contributed by atoms with E-state index in [0.717, 1.165) is 5.82 Å². The Morgan fingerprint density at radius 2 is 2.41 bits per heavy atom. The number of nitrogens with zero attached hydrogens (tertiary/aromatic N) is 2. The Labute approximate surface area is 97.9 Å². The molecule has 6 heteroatoms. The lowest BCUT2D eigenvalue weighted by Crippen LogP contribution is -2.16. The summed E-state index contributed by atoms with van der Waals surface area (Å²) < 4.78 is 6.78. The highest BCUT2D eigenvalue weighted by atomic mass is 16.4. The molecule has 2 rings (SSSR count).